The lowest BCUT2D eigenvalue weighted by atomic mass is 9.60. The van der Waals surface area contributed by atoms with E-state index in [0.717, 1.165) is 17.8 Å². The predicted molar refractivity (Wildman–Crippen MR) is 235 cm³/mol. The Kier molecular flexibility index (Phi) is 6.47. The van der Waals surface area contributed by atoms with Gasteiger partial charge in [0.25, 0.3) is 0 Å². The highest BCUT2D eigenvalue weighted by Crippen LogP contribution is 2.63. The summed E-state index contributed by atoms with van der Waals surface area (Å²) in [5.41, 5.74) is 15.2. The number of fused-ring (bicyclic) bond motifs is 13. The van der Waals surface area contributed by atoms with E-state index in [9.17, 15) is 0 Å². The normalized spacial score (nSPS) is 15.1. The van der Waals surface area contributed by atoms with Gasteiger partial charge in [0.05, 0.1) is 11.1 Å². The summed E-state index contributed by atoms with van der Waals surface area (Å²) in [6.45, 7) is 2.32. The van der Waals surface area contributed by atoms with Gasteiger partial charge in [-0.1, -0.05) is 146 Å². The van der Waals surface area contributed by atoms with Crippen LogP contribution in [0.2, 0.25) is 0 Å². The van der Waals surface area contributed by atoms with E-state index >= 15 is 0 Å². The molecule has 0 fully saturated rings. The number of benzene rings is 9. The average molecular weight is 718 g/mol. The zero-order chi connectivity index (χ0) is 36.3. The summed E-state index contributed by atoms with van der Waals surface area (Å²) < 4.78 is 2.61. The first-order valence-corrected chi connectivity index (χ1v) is 20.1. The van der Waals surface area contributed by atoms with E-state index in [1.54, 1.807) is 0 Å². The summed E-state index contributed by atoms with van der Waals surface area (Å²) in [5, 5.41) is 7.75. The Bertz CT molecular complexity index is 3220. The molecular weight excluding hydrogens is 683 g/mol. The minimum absolute atomic E-state index is 0.492. The molecule has 9 aromatic carbocycles. The van der Waals surface area contributed by atoms with Gasteiger partial charge in [-0.15, -0.1) is 11.3 Å². The summed E-state index contributed by atoms with van der Waals surface area (Å²) in [7, 11) is 0. The predicted octanol–water partition coefficient (Wildman–Crippen LogP) is 14.7. The van der Waals surface area contributed by atoms with Crippen molar-refractivity contribution in [1.29, 1.82) is 0 Å². The fraction of sp³-hybridized carbons (Fsp3) is 0.0566. The van der Waals surface area contributed by atoms with Gasteiger partial charge in [0.15, 0.2) is 0 Å². The Hall–Kier alpha value is -6.48. The molecule has 0 bridgehead atoms. The van der Waals surface area contributed by atoms with E-state index in [4.69, 9.17) is 0 Å². The highest BCUT2D eigenvalue weighted by atomic mass is 32.1. The maximum absolute atomic E-state index is 2.54. The van der Waals surface area contributed by atoms with Crippen molar-refractivity contribution in [2.45, 2.75) is 18.8 Å². The molecule has 1 atom stereocenters. The summed E-state index contributed by atoms with van der Waals surface area (Å²) in [5.74, 6) is 0. The number of thiophene rings is 1. The Morgan fingerprint density at radius 2 is 1.07 bits per heavy atom. The molecule has 10 aromatic rings. The summed E-state index contributed by atoms with van der Waals surface area (Å²) in [6, 6.07) is 68.7. The van der Waals surface area contributed by atoms with E-state index < -0.39 is 5.41 Å². The van der Waals surface area contributed by atoms with Crippen molar-refractivity contribution < 1.29 is 0 Å². The molecule has 55 heavy (non-hydrogen) atoms. The molecule has 2 aliphatic carbocycles. The third kappa shape index (κ3) is 4.12. The van der Waals surface area contributed by atoms with Crippen LogP contribution in [0, 0.1) is 0 Å². The molecule has 2 aliphatic rings. The third-order valence-electron chi connectivity index (χ3n) is 12.4. The number of nitrogens with zero attached hydrogens (tertiary/aromatic N) is 1. The zero-order valence-corrected chi connectivity index (χ0v) is 31.2. The van der Waals surface area contributed by atoms with Crippen LogP contribution in [0.5, 0.6) is 0 Å². The molecule has 2 heteroatoms. The topological polar surface area (TPSA) is 3.24 Å². The summed E-state index contributed by atoms with van der Waals surface area (Å²) in [6.07, 6.45) is 0.956. The zero-order valence-electron chi connectivity index (χ0n) is 30.4. The van der Waals surface area contributed by atoms with Crippen LogP contribution in [-0.2, 0) is 11.8 Å². The van der Waals surface area contributed by atoms with Crippen LogP contribution < -0.4 is 4.90 Å². The van der Waals surface area contributed by atoms with E-state index in [0.29, 0.717) is 0 Å². The lowest BCUT2D eigenvalue weighted by Gasteiger charge is -2.41. The number of hydrogen-bond acceptors (Lipinski definition) is 2. The van der Waals surface area contributed by atoms with Gasteiger partial charge in [-0.05, 0) is 121 Å². The van der Waals surface area contributed by atoms with Crippen molar-refractivity contribution in [3.8, 4) is 22.3 Å². The minimum Gasteiger partial charge on any atom is -0.310 e. The van der Waals surface area contributed by atoms with Crippen LogP contribution >= 0.6 is 11.3 Å². The van der Waals surface area contributed by atoms with Crippen LogP contribution in [0.25, 0.3) is 64.0 Å². The van der Waals surface area contributed by atoms with E-state index in [1.807, 2.05) is 11.3 Å². The smallest absolute Gasteiger partial charge is 0.0729 e. The number of anilines is 3. The van der Waals surface area contributed by atoms with Gasteiger partial charge in [-0.2, -0.15) is 0 Å². The number of hydrogen-bond donors (Lipinski definition) is 0. The first kappa shape index (κ1) is 30.9. The van der Waals surface area contributed by atoms with Gasteiger partial charge in [-0.25, -0.2) is 0 Å². The maximum atomic E-state index is 2.54. The third-order valence-corrected chi connectivity index (χ3v) is 13.5. The van der Waals surface area contributed by atoms with Gasteiger partial charge < -0.3 is 4.90 Å². The van der Waals surface area contributed by atoms with Crippen molar-refractivity contribution >= 4 is 70.1 Å². The van der Waals surface area contributed by atoms with Crippen LogP contribution in [0.1, 0.15) is 34.7 Å². The molecular formula is C53H35NS. The van der Waals surface area contributed by atoms with Gasteiger partial charge in [-0.3, -0.25) is 0 Å². The molecule has 258 valence electrons. The number of aryl methyl sites for hydroxylation is 1. The Balaban J connectivity index is 1.22. The molecule has 1 heterocycles. The largest absolute Gasteiger partial charge is 0.310 e. The van der Waals surface area contributed by atoms with Crippen LogP contribution in [0.15, 0.2) is 182 Å². The van der Waals surface area contributed by atoms with E-state index in [-0.39, 0.29) is 0 Å². The number of rotatable bonds is 4. The maximum Gasteiger partial charge on any atom is 0.0729 e. The van der Waals surface area contributed by atoms with Gasteiger partial charge in [0.1, 0.15) is 0 Å². The molecule has 0 radical (unpaired) electrons. The fourth-order valence-corrected chi connectivity index (χ4v) is 11.3. The highest BCUT2D eigenvalue weighted by molar-refractivity contribution is 7.26. The second-order valence-electron chi connectivity index (χ2n) is 15.0. The quantitative estimate of drug-likeness (QED) is 0.175. The average Bonchev–Trinajstić information content (AvgIpc) is 3.77. The van der Waals surface area contributed by atoms with E-state index in [2.05, 4.69) is 194 Å². The van der Waals surface area contributed by atoms with Crippen LogP contribution in [0.3, 0.4) is 0 Å². The molecule has 0 N–H and O–H groups in total. The van der Waals surface area contributed by atoms with Gasteiger partial charge in [0.2, 0.25) is 0 Å². The fourth-order valence-electron chi connectivity index (χ4n) is 10.2. The minimum atomic E-state index is -0.492. The van der Waals surface area contributed by atoms with Crippen molar-refractivity contribution in [2.75, 3.05) is 4.90 Å². The molecule has 0 aliphatic heterocycles. The molecule has 12 rings (SSSR count). The van der Waals surface area contributed by atoms with Crippen LogP contribution in [0.4, 0.5) is 17.1 Å². The van der Waals surface area contributed by atoms with Crippen molar-refractivity contribution in [2.24, 2.45) is 0 Å². The molecule has 0 saturated carbocycles. The first-order chi connectivity index (χ1) is 27.2. The lowest BCUT2D eigenvalue weighted by molar-refractivity contribution is 0.759. The second-order valence-corrected chi connectivity index (χ2v) is 16.1. The molecule has 1 unspecified atom stereocenters. The Labute approximate surface area is 324 Å². The summed E-state index contributed by atoms with van der Waals surface area (Å²) >= 11 is 1.88. The van der Waals surface area contributed by atoms with E-state index in [1.165, 1.54) is 97.5 Å². The van der Waals surface area contributed by atoms with Crippen molar-refractivity contribution in [1.82, 2.24) is 0 Å². The molecule has 0 saturated heterocycles. The van der Waals surface area contributed by atoms with Gasteiger partial charge in [0, 0.05) is 31.5 Å². The highest BCUT2D eigenvalue weighted by Gasteiger charge is 2.51. The monoisotopic (exact) mass is 717 g/mol. The molecule has 0 amide bonds. The second kappa shape index (κ2) is 11.5. The summed E-state index contributed by atoms with van der Waals surface area (Å²) in [4.78, 5) is 2.52. The van der Waals surface area contributed by atoms with Crippen molar-refractivity contribution in [3.63, 3.8) is 0 Å². The standard InChI is InChI=1S/C53H35NS/c1-2-33-25-26-35-15-11-19-42-40-17-6-9-21-45(40)53(52(33)50(35)42)44-20-8-5-16-39(44)41-30-29-38(32-46(41)53)54(37-28-27-34-13-3-4-14-36(34)31-37)47-22-12-24-49-51(47)43-18-7-10-23-48(43)55-49/h3-32H,2H2,1H3. The van der Waals surface area contributed by atoms with Crippen molar-refractivity contribution in [3.05, 3.63) is 210 Å². The molecule has 1 nitrogen and oxygen atoms in total. The van der Waals surface area contributed by atoms with Gasteiger partial charge >= 0.3 is 0 Å². The molecule has 1 aromatic heterocycles. The first-order valence-electron chi connectivity index (χ1n) is 19.3. The Morgan fingerprint density at radius 1 is 0.455 bits per heavy atom. The molecule has 1 spiro atoms. The Morgan fingerprint density at radius 3 is 1.93 bits per heavy atom. The lowest BCUT2D eigenvalue weighted by Crippen LogP contribution is -2.33. The SMILES string of the molecule is CCc1ccc2cccc3c2c1C1(c2ccccc2-c2ccc(N(c4ccc5ccccc5c4)c4cccc5sc6ccccc6c45)cc21)c1ccccc1-3. The van der Waals surface area contributed by atoms with Crippen LogP contribution in [-0.4, -0.2) is 0 Å².